The molecule has 1 aromatic heterocycles. The van der Waals surface area contributed by atoms with Crippen molar-refractivity contribution in [1.29, 1.82) is 0 Å². The lowest BCUT2D eigenvalue weighted by Crippen LogP contribution is -2.22. The van der Waals surface area contributed by atoms with Gasteiger partial charge in [-0.1, -0.05) is 18.2 Å². The molecule has 1 fully saturated rings. The van der Waals surface area contributed by atoms with Crippen LogP contribution in [-0.4, -0.2) is 36.3 Å². The minimum Gasteiger partial charge on any atom is -0.454 e. The van der Waals surface area contributed by atoms with Gasteiger partial charge in [0.1, 0.15) is 5.76 Å². The van der Waals surface area contributed by atoms with Gasteiger partial charge in [-0.2, -0.15) is 0 Å². The molecule has 5 rings (SSSR count). The van der Waals surface area contributed by atoms with E-state index in [1.807, 2.05) is 25.1 Å². The molecule has 0 spiro atoms. The number of ether oxygens (including phenoxy) is 2. The van der Waals surface area contributed by atoms with Crippen LogP contribution < -0.4 is 9.47 Å². The topological polar surface area (TPSA) is 47.7 Å². The molecule has 0 bridgehead atoms. The third-order valence-corrected chi connectivity index (χ3v) is 5.59. The van der Waals surface area contributed by atoms with Crippen molar-refractivity contribution in [2.24, 2.45) is 0 Å². The minimum absolute atomic E-state index is 0.293. The molecule has 2 aromatic carbocycles. The Morgan fingerprint density at radius 3 is 2.43 bits per heavy atom. The summed E-state index contributed by atoms with van der Waals surface area (Å²) in [5, 5.41) is 0. The van der Waals surface area contributed by atoms with Gasteiger partial charge in [-0.05, 0) is 68.2 Å². The molecule has 5 heteroatoms. The molecule has 0 atom stereocenters. The van der Waals surface area contributed by atoms with Crippen molar-refractivity contribution in [3.63, 3.8) is 0 Å². The van der Waals surface area contributed by atoms with Crippen LogP contribution in [0.3, 0.4) is 0 Å². The maximum Gasteiger partial charge on any atom is 0.231 e. The molecule has 0 N–H and O–H groups in total. The maximum atomic E-state index is 5.96. The molecule has 144 valence electrons. The van der Waals surface area contributed by atoms with Gasteiger partial charge in [0.2, 0.25) is 12.7 Å². The summed E-state index contributed by atoms with van der Waals surface area (Å²) >= 11 is 0. The van der Waals surface area contributed by atoms with E-state index in [0.717, 1.165) is 52.6 Å². The van der Waals surface area contributed by atoms with Gasteiger partial charge < -0.3 is 18.8 Å². The third-order valence-electron chi connectivity index (χ3n) is 5.59. The van der Waals surface area contributed by atoms with Crippen molar-refractivity contribution in [2.45, 2.75) is 26.2 Å². The molecular formula is C23H24N2O3. The van der Waals surface area contributed by atoms with Gasteiger partial charge >= 0.3 is 0 Å². The van der Waals surface area contributed by atoms with Crippen LogP contribution in [0, 0.1) is 6.92 Å². The zero-order valence-electron chi connectivity index (χ0n) is 16.1. The third kappa shape index (κ3) is 3.38. The molecule has 2 aliphatic rings. The summed E-state index contributed by atoms with van der Waals surface area (Å²) in [5.41, 5.74) is 4.30. The Morgan fingerprint density at radius 1 is 0.893 bits per heavy atom. The fraction of sp³-hybridized carbons (Fsp3) is 0.348. The predicted octanol–water partition coefficient (Wildman–Crippen LogP) is 4.68. The van der Waals surface area contributed by atoms with E-state index in [1.165, 1.54) is 25.9 Å². The molecule has 5 nitrogen and oxygen atoms in total. The van der Waals surface area contributed by atoms with Crippen molar-refractivity contribution in [2.75, 3.05) is 26.4 Å². The number of aromatic nitrogens is 1. The molecule has 28 heavy (non-hydrogen) atoms. The van der Waals surface area contributed by atoms with E-state index in [9.17, 15) is 0 Å². The summed E-state index contributed by atoms with van der Waals surface area (Å²) in [4.78, 5) is 7.27. The van der Waals surface area contributed by atoms with Gasteiger partial charge in [0.25, 0.3) is 0 Å². The molecule has 2 aliphatic heterocycles. The average Bonchev–Trinajstić information content (AvgIpc) is 3.47. The Bertz CT molecular complexity index is 972. The summed E-state index contributed by atoms with van der Waals surface area (Å²) in [5.74, 6) is 3.23. The van der Waals surface area contributed by atoms with Crippen molar-refractivity contribution in [3.8, 4) is 34.1 Å². The zero-order valence-corrected chi connectivity index (χ0v) is 16.1. The smallest absolute Gasteiger partial charge is 0.231 e. The number of fused-ring (bicyclic) bond motifs is 1. The standard InChI is InChI=1S/C23H24N2O3/c1-16-20(10-13-25-11-2-3-12-25)24-23(28-16)18-6-4-17(5-7-18)19-8-9-21-22(14-19)27-15-26-21/h4-9,14H,2-3,10-13,15H2,1H3. The van der Waals surface area contributed by atoms with Crippen molar-refractivity contribution >= 4 is 0 Å². The van der Waals surface area contributed by atoms with Crippen LogP contribution >= 0.6 is 0 Å². The van der Waals surface area contributed by atoms with E-state index in [-0.39, 0.29) is 0 Å². The number of hydrogen-bond acceptors (Lipinski definition) is 5. The van der Waals surface area contributed by atoms with Crippen LogP contribution in [0.25, 0.3) is 22.6 Å². The van der Waals surface area contributed by atoms with Gasteiger partial charge in [-0.25, -0.2) is 4.98 Å². The van der Waals surface area contributed by atoms with E-state index in [4.69, 9.17) is 18.9 Å². The average molecular weight is 376 g/mol. The van der Waals surface area contributed by atoms with Crippen LogP contribution in [0.4, 0.5) is 0 Å². The van der Waals surface area contributed by atoms with E-state index < -0.39 is 0 Å². The molecule has 0 amide bonds. The van der Waals surface area contributed by atoms with E-state index in [0.29, 0.717) is 12.7 Å². The Kier molecular flexibility index (Phi) is 4.53. The molecule has 3 heterocycles. The first-order valence-corrected chi connectivity index (χ1v) is 9.95. The molecular weight excluding hydrogens is 352 g/mol. The van der Waals surface area contributed by atoms with Gasteiger partial charge in [0, 0.05) is 18.5 Å². The normalized spacial score (nSPS) is 16.0. The van der Waals surface area contributed by atoms with Gasteiger partial charge in [0.05, 0.1) is 5.69 Å². The first-order valence-electron chi connectivity index (χ1n) is 9.95. The summed E-state index contributed by atoms with van der Waals surface area (Å²) < 4.78 is 16.8. The Balaban J connectivity index is 1.32. The van der Waals surface area contributed by atoms with Gasteiger partial charge in [-0.3, -0.25) is 0 Å². The fourth-order valence-electron chi connectivity index (χ4n) is 3.94. The van der Waals surface area contributed by atoms with Crippen LogP contribution in [-0.2, 0) is 6.42 Å². The SMILES string of the molecule is Cc1oc(-c2ccc(-c3ccc4c(c3)OCO4)cc2)nc1CCN1CCCC1. The molecule has 0 aliphatic carbocycles. The highest BCUT2D eigenvalue weighted by molar-refractivity contribution is 5.70. The van der Waals surface area contributed by atoms with Crippen molar-refractivity contribution in [3.05, 3.63) is 53.9 Å². The lowest BCUT2D eigenvalue weighted by molar-refractivity contribution is 0.174. The zero-order chi connectivity index (χ0) is 18.9. The molecule has 0 unspecified atom stereocenters. The van der Waals surface area contributed by atoms with Crippen LogP contribution in [0.1, 0.15) is 24.3 Å². The Morgan fingerprint density at radius 2 is 1.61 bits per heavy atom. The van der Waals surface area contributed by atoms with Gasteiger partial charge in [0.15, 0.2) is 11.5 Å². The summed E-state index contributed by atoms with van der Waals surface area (Å²) in [6.07, 6.45) is 3.59. The molecule has 3 aromatic rings. The summed E-state index contributed by atoms with van der Waals surface area (Å²) in [7, 11) is 0. The van der Waals surface area contributed by atoms with E-state index in [1.54, 1.807) is 0 Å². The van der Waals surface area contributed by atoms with Crippen molar-refractivity contribution in [1.82, 2.24) is 9.88 Å². The number of aryl methyl sites for hydroxylation is 1. The van der Waals surface area contributed by atoms with E-state index in [2.05, 4.69) is 29.2 Å². The maximum absolute atomic E-state index is 5.96. The number of rotatable bonds is 5. The second kappa shape index (κ2) is 7.32. The highest BCUT2D eigenvalue weighted by Crippen LogP contribution is 2.36. The number of oxazole rings is 1. The van der Waals surface area contributed by atoms with Gasteiger partial charge in [-0.15, -0.1) is 0 Å². The lowest BCUT2D eigenvalue weighted by atomic mass is 10.0. The largest absolute Gasteiger partial charge is 0.454 e. The van der Waals surface area contributed by atoms with E-state index >= 15 is 0 Å². The fourth-order valence-corrected chi connectivity index (χ4v) is 3.94. The summed E-state index contributed by atoms with van der Waals surface area (Å²) in [6.45, 7) is 5.80. The van der Waals surface area contributed by atoms with Crippen LogP contribution in [0.15, 0.2) is 46.9 Å². The van der Waals surface area contributed by atoms with Crippen LogP contribution in [0.2, 0.25) is 0 Å². The lowest BCUT2D eigenvalue weighted by Gasteiger charge is -2.12. The number of hydrogen-bond donors (Lipinski definition) is 0. The Hall–Kier alpha value is -2.79. The first-order chi connectivity index (χ1) is 13.8. The Labute approximate surface area is 164 Å². The second-order valence-electron chi connectivity index (χ2n) is 7.47. The monoisotopic (exact) mass is 376 g/mol. The summed E-state index contributed by atoms with van der Waals surface area (Å²) in [6, 6.07) is 14.3. The molecule has 0 saturated carbocycles. The number of nitrogens with zero attached hydrogens (tertiary/aromatic N) is 2. The number of benzene rings is 2. The number of likely N-dealkylation sites (tertiary alicyclic amines) is 1. The molecule has 0 radical (unpaired) electrons. The second-order valence-corrected chi connectivity index (χ2v) is 7.47. The quantitative estimate of drug-likeness (QED) is 0.647. The minimum atomic E-state index is 0.293. The first kappa shape index (κ1) is 17.3. The highest BCUT2D eigenvalue weighted by Gasteiger charge is 2.16. The van der Waals surface area contributed by atoms with Crippen molar-refractivity contribution < 1.29 is 13.9 Å². The predicted molar refractivity (Wildman–Crippen MR) is 108 cm³/mol. The highest BCUT2D eigenvalue weighted by atomic mass is 16.7. The van der Waals surface area contributed by atoms with Crippen LogP contribution in [0.5, 0.6) is 11.5 Å². The molecule has 1 saturated heterocycles.